The third-order valence-electron chi connectivity index (χ3n) is 4.00. The number of carbonyl (C=O) groups is 1. The molecule has 24 heavy (non-hydrogen) atoms. The summed E-state index contributed by atoms with van der Waals surface area (Å²) in [5, 5.41) is 10.5. The van der Waals surface area contributed by atoms with Crippen molar-refractivity contribution >= 4 is 11.9 Å². The molecule has 1 saturated heterocycles. The Bertz CT molecular complexity index is 549. The fraction of sp³-hybridized carbons (Fsp3) is 0.688. The summed E-state index contributed by atoms with van der Waals surface area (Å²) in [6, 6.07) is 1.93. The average molecular weight is 336 g/mol. The van der Waals surface area contributed by atoms with Crippen LogP contribution >= 0.6 is 0 Å². The van der Waals surface area contributed by atoms with Gasteiger partial charge < -0.3 is 20.3 Å². The van der Waals surface area contributed by atoms with E-state index in [4.69, 9.17) is 4.74 Å². The number of nitrogens with zero attached hydrogens (tertiary/aromatic N) is 4. The van der Waals surface area contributed by atoms with E-state index in [0.717, 1.165) is 25.1 Å². The molecule has 1 aromatic rings. The summed E-state index contributed by atoms with van der Waals surface area (Å²) < 4.78 is 7.52. The van der Waals surface area contributed by atoms with Gasteiger partial charge in [-0.1, -0.05) is 0 Å². The van der Waals surface area contributed by atoms with E-state index < -0.39 is 0 Å². The molecule has 8 nitrogen and oxygen atoms in total. The molecule has 134 valence electrons. The molecular formula is C16H28N6O2. The first-order valence-electron chi connectivity index (χ1n) is 8.37. The monoisotopic (exact) mass is 336 g/mol. The van der Waals surface area contributed by atoms with Crippen LogP contribution in [0.25, 0.3) is 0 Å². The maximum Gasteiger partial charge on any atom is 0.241 e. The third kappa shape index (κ3) is 5.84. The predicted molar refractivity (Wildman–Crippen MR) is 92.6 cm³/mol. The second-order valence-corrected chi connectivity index (χ2v) is 6.12. The molecule has 0 aromatic carbocycles. The Hall–Kier alpha value is -2.09. The molecular weight excluding hydrogens is 308 g/mol. The van der Waals surface area contributed by atoms with Crippen LogP contribution in [-0.4, -0.2) is 66.4 Å². The van der Waals surface area contributed by atoms with Gasteiger partial charge in [-0.2, -0.15) is 5.10 Å². The van der Waals surface area contributed by atoms with E-state index in [-0.39, 0.29) is 18.6 Å². The lowest BCUT2D eigenvalue weighted by Gasteiger charge is -2.24. The number of hydrogen-bond acceptors (Lipinski definition) is 4. The zero-order chi connectivity index (χ0) is 17.4. The van der Waals surface area contributed by atoms with E-state index in [9.17, 15) is 4.79 Å². The largest absolute Gasteiger partial charge is 0.376 e. The second kappa shape index (κ2) is 9.27. The minimum atomic E-state index is -0.000972. The lowest BCUT2D eigenvalue weighted by atomic mass is 10.1. The summed E-state index contributed by atoms with van der Waals surface area (Å²) in [5.74, 6) is 0.611. The first-order valence-corrected chi connectivity index (χ1v) is 8.37. The van der Waals surface area contributed by atoms with Gasteiger partial charge in [0, 0.05) is 40.5 Å². The Labute approximate surface area is 143 Å². The van der Waals surface area contributed by atoms with Crippen LogP contribution in [-0.2, 0) is 23.1 Å². The SMILES string of the molecule is CN(C)C(=O)CNC(=NCc1ccnn1C)NCC1CCCCO1. The summed E-state index contributed by atoms with van der Waals surface area (Å²) in [5.41, 5.74) is 1.00. The van der Waals surface area contributed by atoms with Crippen LogP contribution in [0.4, 0.5) is 0 Å². The van der Waals surface area contributed by atoms with Gasteiger partial charge in [0.1, 0.15) is 0 Å². The zero-order valence-corrected chi connectivity index (χ0v) is 14.8. The van der Waals surface area contributed by atoms with Crippen LogP contribution in [0.1, 0.15) is 25.0 Å². The molecule has 1 unspecified atom stereocenters. The molecule has 0 radical (unpaired) electrons. The summed E-state index contributed by atoms with van der Waals surface area (Å²) >= 11 is 0. The summed E-state index contributed by atoms with van der Waals surface area (Å²) in [6.07, 6.45) is 5.33. The fourth-order valence-electron chi connectivity index (χ4n) is 2.39. The molecule has 2 rings (SSSR count). The molecule has 0 spiro atoms. The normalized spacial score (nSPS) is 18.3. The van der Waals surface area contributed by atoms with Gasteiger partial charge in [-0.05, 0) is 25.3 Å². The molecule has 2 N–H and O–H groups in total. The molecule has 8 heteroatoms. The molecule has 0 aliphatic carbocycles. The van der Waals surface area contributed by atoms with Crippen LogP contribution in [0.15, 0.2) is 17.3 Å². The number of guanidine groups is 1. The van der Waals surface area contributed by atoms with Gasteiger partial charge in [0.2, 0.25) is 5.91 Å². The molecule has 1 aliphatic rings. The Balaban J connectivity index is 1.91. The van der Waals surface area contributed by atoms with Crippen LogP contribution < -0.4 is 10.6 Å². The van der Waals surface area contributed by atoms with Crippen LogP contribution in [0.5, 0.6) is 0 Å². The number of aryl methyl sites for hydroxylation is 1. The number of hydrogen-bond donors (Lipinski definition) is 2. The van der Waals surface area contributed by atoms with Crippen molar-refractivity contribution < 1.29 is 9.53 Å². The van der Waals surface area contributed by atoms with Crippen molar-refractivity contribution in [1.82, 2.24) is 25.3 Å². The van der Waals surface area contributed by atoms with Crippen molar-refractivity contribution in [3.05, 3.63) is 18.0 Å². The quantitative estimate of drug-likeness (QED) is 0.569. The van der Waals surface area contributed by atoms with Crippen molar-refractivity contribution in [1.29, 1.82) is 0 Å². The first kappa shape index (κ1) is 18.3. The molecule has 1 fully saturated rings. The van der Waals surface area contributed by atoms with Crippen molar-refractivity contribution in [2.24, 2.45) is 12.0 Å². The van der Waals surface area contributed by atoms with E-state index in [1.165, 1.54) is 6.42 Å². The molecule has 1 aromatic heterocycles. The van der Waals surface area contributed by atoms with Gasteiger partial charge in [-0.15, -0.1) is 0 Å². The highest BCUT2D eigenvalue weighted by molar-refractivity contribution is 5.86. The number of aliphatic imine (C=N–C) groups is 1. The van der Waals surface area contributed by atoms with Gasteiger partial charge >= 0.3 is 0 Å². The van der Waals surface area contributed by atoms with Crippen LogP contribution in [0.2, 0.25) is 0 Å². The number of nitrogens with one attached hydrogen (secondary N) is 2. The molecule has 1 atom stereocenters. The van der Waals surface area contributed by atoms with Gasteiger partial charge in [0.25, 0.3) is 0 Å². The topological polar surface area (TPSA) is 83.8 Å². The van der Waals surface area contributed by atoms with E-state index in [1.807, 2.05) is 13.1 Å². The van der Waals surface area contributed by atoms with Crippen LogP contribution in [0, 0.1) is 0 Å². The predicted octanol–water partition coefficient (Wildman–Crippen LogP) is 0.113. The first-order chi connectivity index (χ1) is 11.6. The molecule has 0 saturated carbocycles. The average Bonchev–Trinajstić information content (AvgIpc) is 2.99. The van der Waals surface area contributed by atoms with Gasteiger partial charge in [-0.3, -0.25) is 9.48 Å². The Morgan fingerprint density at radius 3 is 2.92 bits per heavy atom. The van der Waals surface area contributed by atoms with E-state index >= 15 is 0 Å². The van der Waals surface area contributed by atoms with Crippen molar-refractivity contribution in [2.75, 3.05) is 33.8 Å². The summed E-state index contributed by atoms with van der Waals surface area (Å²) in [6.45, 7) is 2.21. The smallest absolute Gasteiger partial charge is 0.241 e. The highest BCUT2D eigenvalue weighted by Crippen LogP contribution is 2.11. The minimum absolute atomic E-state index is 0.000972. The van der Waals surface area contributed by atoms with Crippen molar-refractivity contribution in [2.45, 2.75) is 31.9 Å². The van der Waals surface area contributed by atoms with Gasteiger partial charge in [-0.25, -0.2) is 4.99 Å². The number of amides is 1. The number of ether oxygens (including phenoxy) is 1. The zero-order valence-electron chi connectivity index (χ0n) is 14.8. The summed E-state index contributed by atoms with van der Waals surface area (Å²) in [7, 11) is 5.36. The highest BCUT2D eigenvalue weighted by atomic mass is 16.5. The Kier molecular flexibility index (Phi) is 7.05. The summed E-state index contributed by atoms with van der Waals surface area (Å²) in [4.78, 5) is 17.9. The Morgan fingerprint density at radius 2 is 2.29 bits per heavy atom. The van der Waals surface area contributed by atoms with E-state index in [1.54, 1.807) is 29.9 Å². The lowest BCUT2D eigenvalue weighted by Crippen LogP contribution is -2.45. The van der Waals surface area contributed by atoms with Crippen LogP contribution in [0.3, 0.4) is 0 Å². The standard InChI is InChI=1S/C16H28N6O2/c1-21(2)15(23)12-19-16(17-10-13-7-8-20-22(13)3)18-11-14-6-4-5-9-24-14/h7-8,14H,4-6,9-12H2,1-3H3,(H2,17,18,19). The molecule has 0 bridgehead atoms. The number of likely N-dealkylation sites (N-methyl/N-ethyl adjacent to an activating group) is 1. The second-order valence-electron chi connectivity index (χ2n) is 6.12. The fourth-order valence-corrected chi connectivity index (χ4v) is 2.39. The third-order valence-corrected chi connectivity index (χ3v) is 4.00. The van der Waals surface area contributed by atoms with Gasteiger partial charge in [0.15, 0.2) is 5.96 Å². The lowest BCUT2D eigenvalue weighted by molar-refractivity contribution is -0.127. The van der Waals surface area contributed by atoms with E-state index in [0.29, 0.717) is 19.0 Å². The van der Waals surface area contributed by atoms with Gasteiger partial charge in [0.05, 0.1) is 24.9 Å². The molecule has 1 amide bonds. The van der Waals surface area contributed by atoms with Crippen molar-refractivity contribution in [3.8, 4) is 0 Å². The van der Waals surface area contributed by atoms with Crippen molar-refractivity contribution in [3.63, 3.8) is 0 Å². The Morgan fingerprint density at radius 1 is 1.46 bits per heavy atom. The highest BCUT2D eigenvalue weighted by Gasteiger charge is 2.14. The number of carbonyl (C=O) groups excluding carboxylic acids is 1. The number of rotatable bonds is 6. The number of aromatic nitrogens is 2. The molecule has 1 aliphatic heterocycles. The maximum absolute atomic E-state index is 11.8. The maximum atomic E-state index is 11.8. The van der Waals surface area contributed by atoms with E-state index in [2.05, 4.69) is 20.7 Å². The minimum Gasteiger partial charge on any atom is -0.376 e. The molecule has 2 heterocycles.